The summed E-state index contributed by atoms with van der Waals surface area (Å²) in [6.45, 7) is 2.67. The van der Waals surface area contributed by atoms with Gasteiger partial charge < -0.3 is 10.6 Å². The number of aromatic nitrogens is 2. The van der Waals surface area contributed by atoms with Crippen LogP contribution >= 0.6 is 12.2 Å². The van der Waals surface area contributed by atoms with E-state index in [0.717, 1.165) is 16.9 Å². The fraction of sp³-hybridized carbons (Fsp3) is 0.231. The van der Waals surface area contributed by atoms with Gasteiger partial charge in [-0.3, -0.25) is 4.68 Å². The molecule has 2 rings (SSSR count). The molecule has 0 radical (unpaired) electrons. The average Bonchev–Trinajstić information content (AvgIpc) is 2.66. The Morgan fingerprint density at radius 2 is 2.06 bits per heavy atom. The van der Waals surface area contributed by atoms with Crippen molar-refractivity contribution in [2.75, 3.05) is 5.32 Å². The summed E-state index contributed by atoms with van der Waals surface area (Å²) in [4.78, 5) is 0. The summed E-state index contributed by atoms with van der Waals surface area (Å²) in [5.41, 5.74) is 3.15. The van der Waals surface area contributed by atoms with E-state index in [0.29, 0.717) is 11.7 Å². The van der Waals surface area contributed by atoms with Gasteiger partial charge in [-0.1, -0.05) is 18.2 Å². The van der Waals surface area contributed by atoms with Gasteiger partial charge in [-0.15, -0.1) is 0 Å². The normalized spacial score (nSPS) is 10.1. The molecule has 0 aliphatic heterocycles. The molecular formula is C13H16N4S. The zero-order chi connectivity index (χ0) is 13.0. The molecule has 0 aliphatic carbocycles. The zero-order valence-electron chi connectivity index (χ0n) is 10.5. The number of anilines is 1. The van der Waals surface area contributed by atoms with E-state index in [2.05, 4.69) is 15.7 Å². The number of nitrogens with one attached hydrogen (secondary N) is 2. The summed E-state index contributed by atoms with van der Waals surface area (Å²) >= 11 is 5.24. The first kappa shape index (κ1) is 12.6. The van der Waals surface area contributed by atoms with Crippen LogP contribution in [0, 0.1) is 6.92 Å². The number of hydrogen-bond acceptors (Lipinski definition) is 2. The second-order valence-electron chi connectivity index (χ2n) is 4.09. The summed E-state index contributed by atoms with van der Waals surface area (Å²) in [7, 11) is 1.91. The molecule has 1 aromatic carbocycles. The van der Waals surface area contributed by atoms with E-state index >= 15 is 0 Å². The number of nitrogens with zero attached hydrogens (tertiary/aromatic N) is 2. The van der Waals surface area contributed by atoms with E-state index in [4.69, 9.17) is 12.2 Å². The maximum absolute atomic E-state index is 5.24. The first-order valence-electron chi connectivity index (χ1n) is 5.74. The SMILES string of the molecule is Cc1nn(C)cc1CNC(=S)Nc1ccccc1. The van der Waals surface area contributed by atoms with Crippen molar-refractivity contribution in [3.05, 3.63) is 47.8 Å². The lowest BCUT2D eigenvalue weighted by Crippen LogP contribution is -2.27. The zero-order valence-corrected chi connectivity index (χ0v) is 11.3. The standard InChI is InChI=1S/C13H16N4S/c1-10-11(9-17(2)16-10)8-14-13(18)15-12-6-4-3-5-7-12/h3-7,9H,8H2,1-2H3,(H2,14,15,18). The highest BCUT2D eigenvalue weighted by Crippen LogP contribution is 2.06. The molecule has 0 bridgehead atoms. The second-order valence-corrected chi connectivity index (χ2v) is 4.50. The lowest BCUT2D eigenvalue weighted by Gasteiger charge is -2.09. The fourth-order valence-electron chi connectivity index (χ4n) is 1.69. The molecule has 0 amide bonds. The van der Waals surface area contributed by atoms with Crippen LogP contribution < -0.4 is 10.6 Å². The van der Waals surface area contributed by atoms with Crippen LogP contribution in [0.4, 0.5) is 5.69 Å². The van der Waals surface area contributed by atoms with Gasteiger partial charge in [0.1, 0.15) is 0 Å². The van der Waals surface area contributed by atoms with E-state index in [-0.39, 0.29) is 0 Å². The Labute approximate surface area is 112 Å². The minimum Gasteiger partial charge on any atom is -0.358 e. The van der Waals surface area contributed by atoms with Gasteiger partial charge >= 0.3 is 0 Å². The summed E-state index contributed by atoms with van der Waals surface area (Å²) in [5, 5.41) is 11.2. The van der Waals surface area contributed by atoms with Crippen molar-refractivity contribution in [2.45, 2.75) is 13.5 Å². The number of hydrogen-bond donors (Lipinski definition) is 2. The molecule has 5 heteroatoms. The van der Waals surface area contributed by atoms with Gasteiger partial charge in [0.2, 0.25) is 0 Å². The third-order valence-corrected chi connectivity index (χ3v) is 2.83. The number of thiocarbonyl (C=S) groups is 1. The highest BCUT2D eigenvalue weighted by atomic mass is 32.1. The maximum atomic E-state index is 5.24. The van der Waals surface area contributed by atoms with Crippen molar-refractivity contribution in [1.29, 1.82) is 0 Å². The second kappa shape index (κ2) is 5.64. The topological polar surface area (TPSA) is 41.9 Å². The average molecular weight is 260 g/mol. The molecule has 4 nitrogen and oxygen atoms in total. The van der Waals surface area contributed by atoms with Crippen molar-refractivity contribution in [3.8, 4) is 0 Å². The summed E-state index contributed by atoms with van der Waals surface area (Å²) in [6.07, 6.45) is 1.99. The Morgan fingerprint density at radius 1 is 1.33 bits per heavy atom. The predicted octanol–water partition coefficient (Wildman–Crippen LogP) is 2.22. The van der Waals surface area contributed by atoms with Crippen LogP contribution in [0.5, 0.6) is 0 Å². The molecule has 2 aromatic rings. The monoisotopic (exact) mass is 260 g/mol. The third kappa shape index (κ3) is 3.30. The first-order chi connectivity index (χ1) is 8.65. The summed E-state index contributed by atoms with van der Waals surface area (Å²) < 4.78 is 1.81. The lowest BCUT2D eigenvalue weighted by atomic mass is 10.3. The van der Waals surface area contributed by atoms with E-state index in [1.807, 2.05) is 50.5 Å². The molecule has 0 unspecified atom stereocenters. The molecule has 0 saturated carbocycles. The van der Waals surface area contributed by atoms with Crippen molar-refractivity contribution in [3.63, 3.8) is 0 Å². The van der Waals surface area contributed by atoms with Gasteiger partial charge in [0.15, 0.2) is 5.11 Å². The highest BCUT2D eigenvalue weighted by Gasteiger charge is 2.03. The van der Waals surface area contributed by atoms with E-state index in [1.54, 1.807) is 4.68 Å². The van der Waals surface area contributed by atoms with Crippen molar-refractivity contribution < 1.29 is 0 Å². The largest absolute Gasteiger partial charge is 0.358 e. The Bertz CT molecular complexity index is 533. The molecule has 1 aromatic heterocycles. The third-order valence-electron chi connectivity index (χ3n) is 2.59. The van der Waals surface area contributed by atoms with Gasteiger partial charge in [0.25, 0.3) is 0 Å². The van der Waals surface area contributed by atoms with Crippen LogP contribution in [0.15, 0.2) is 36.5 Å². The van der Waals surface area contributed by atoms with Crippen LogP contribution in [0.25, 0.3) is 0 Å². The number of para-hydroxylation sites is 1. The quantitative estimate of drug-likeness (QED) is 0.830. The summed E-state index contributed by atoms with van der Waals surface area (Å²) in [5.74, 6) is 0. The summed E-state index contributed by atoms with van der Waals surface area (Å²) in [6, 6.07) is 9.86. The Hall–Kier alpha value is -1.88. The number of benzene rings is 1. The molecule has 0 atom stereocenters. The molecule has 94 valence electrons. The number of rotatable bonds is 3. The maximum Gasteiger partial charge on any atom is 0.171 e. The van der Waals surface area contributed by atoms with Gasteiger partial charge in [-0.05, 0) is 31.3 Å². The Morgan fingerprint density at radius 3 is 2.67 bits per heavy atom. The molecule has 0 saturated heterocycles. The number of aryl methyl sites for hydroxylation is 2. The molecular weight excluding hydrogens is 244 g/mol. The van der Waals surface area contributed by atoms with Gasteiger partial charge in [0.05, 0.1) is 5.69 Å². The van der Waals surface area contributed by atoms with Crippen LogP contribution in [0.2, 0.25) is 0 Å². The smallest absolute Gasteiger partial charge is 0.171 e. The van der Waals surface area contributed by atoms with Gasteiger partial charge in [0, 0.05) is 31.0 Å². The predicted molar refractivity (Wildman–Crippen MR) is 77.4 cm³/mol. The first-order valence-corrected chi connectivity index (χ1v) is 6.15. The van der Waals surface area contributed by atoms with E-state index in [9.17, 15) is 0 Å². The Balaban J connectivity index is 1.87. The van der Waals surface area contributed by atoms with E-state index < -0.39 is 0 Å². The van der Waals surface area contributed by atoms with Crippen LogP contribution in [-0.4, -0.2) is 14.9 Å². The lowest BCUT2D eigenvalue weighted by molar-refractivity contribution is 0.756. The molecule has 2 N–H and O–H groups in total. The Kier molecular flexibility index (Phi) is 3.94. The molecule has 1 heterocycles. The van der Waals surface area contributed by atoms with Crippen LogP contribution in [0.3, 0.4) is 0 Å². The fourth-order valence-corrected chi connectivity index (χ4v) is 1.88. The van der Waals surface area contributed by atoms with Crippen LogP contribution in [-0.2, 0) is 13.6 Å². The highest BCUT2D eigenvalue weighted by molar-refractivity contribution is 7.80. The van der Waals surface area contributed by atoms with Crippen molar-refractivity contribution in [1.82, 2.24) is 15.1 Å². The van der Waals surface area contributed by atoms with Gasteiger partial charge in [-0.25, -0.2) is 0 Å². The molecule has 18 heavy (non-hydrogen) atoms. The molecule has 0 fully saturated rings. The minimum absolute atomic E-state index is 0.615. The van der Waals surface area contributed by atoms with Crippen LogP contribution in [0.1, 0.15) is 11.3 Å². The minimum atomic E-state index is 0.615. The van der Waals surface area contributed by atoms with Crippen molar-refractivity contribution >= 4 is 23.0 Å². The molecule has 0 aliphatic rings. The van der Waals surface area contributed by atoms with E-state index in [1.165, 1.54) is 0 Å². The molecule has 0 spiro atoms. The van der Waals surface area contributed by atoms with Crippen molar-refractivity contribution in [2.24, 2.45) is 7.05 Å². The van der Waals surface area contributed by atoms with Gasteiger partial charge in [-0.2, -0.15) is 5.10 Å².